The number of rotatable bonds is 2. The van der Waals surface area contributed by atoms with Crippen molar-refractivity contribution >= 4 is 29.2 Å². The van der Waals surface area contributed by atoms with E-state index in [1.807, 2.05) is 29.6 Å². The summed E-state index contributed by atoms with van der Waals surface area (Å²) in [5.74, 6) is 1.09. The normalized spacial score (nSPS) is 31.1. The molecule has 1 aromatic rings. The number of nitrogens with zero attached hydrogens (tertiary/aromatic N) is 1. The highest BCUT2D eigenvalue weighted by Crippen LogP contribution is 2.40. The molecule has 5 heteroatoms. The van der Waals surface area contributed by atoms with Gasteiger partial charge in [0.25, 0.3) is 0 Å². The molecule has 4 atom stereocenters. The van der Waals surface area contributed by atoms with Gasteiger partial charge in [-0.25, -0.2) is 0 Å². The molecule has 4 N–H and O–H groups in total. The van der Waals surface area contributed by atoms with Gasteiger partial charge in [0.1, 0.15) is 0 Å². The van der Waals surface area contributed by atoms with Crippen LogP contribution in [-0.4, -0.2) is 26.5 Å². The van der Waals surface area contributed by atoms with Crippen LogP contribution in [-0.2, 0) is 0 Å². The Morgan fingerprint density at radius 2 is 2.18 bits per heavy atom. The van der Waals surface area contributed by atoms with Gasteiger partial charge in [0, 0.05) is 51.2 Å². The standard InChI is InChI=1S/C12H19N3S2/c1-7-8(2)17-11(6-16-7)12(14)9-5-15-4-3-10(9)13/h3-5,7-8,11-12H,6,14H2,1-2H3,(H2,13,15). The van der Waals surface area contributed by atoms with E-state index in [0.29, 0.717) is 15.7 Å². The van der Waals surface area contributed by atoms with Gasteiger partial charge < -0.3 is 11.5 Å². The van der Waals surface area contributed by atoms with Crippen molar-refractivity contribution in [2.24, 2.45) is 5.73 Å². The Bertz CT molecular complexity index is 386. The minimum absolute atomic E-state index is 0.0175. The number of thioether (sulfide) groups is 2. The summed E-state index contributed by atoms with van der Waals surface area (Å²) in [6.45, 7) is 4.55. The molecular formula is C12H19N3S2. The fourth-order valence-corrected chi connectivity index (χ4v) is 4.93. The summed E-state index contributed by atoms with van der Waals surface area (Å²) in [7, 11) is 0. The van der Waals surface area contributed by atoms with Gasteiger partial charge in [0.05, 0.1) is 0 Å². The number of nitrogen functional groups attached to an aromatic ring is 1. The minimum atomic E-state index is -0.0175. The van der Waals surface area contributed by atoms with Crippen LogP contribution in [0.25, 0.3) is 0 Å². The number of hydrogen-bond acceptors (Lipinski definition) is 5. The Morgan fingerprint density at radius 3 is 2.82 bits per heavy atom. The fourth-order valence-electron chi connectivity index (χ4n) is 1.89. The van der Waals surface area contributed by atoms with Gasteiger partial charge in [-0.1, -0.05) is 13.8 Å². The van der Waals surface area contributed by atoms with Crippen LogP contribution in [0.5, 0.6) is 0 Å². The number of anilines is 1. The SMILES string of the molecule is CC1SCC(C(N)c2cnccc2N)SC1C. The number of pyridine rings is 1. The molecule has 1 aliphatic rings. The second kappa shape index (κ2) is 5.50. The third-order valence-electron chi connectivity index (χ3n) is 3.22. The van der Waals surface area contributed by atoms with Crippen molar-refractivity contribution in [2.75, 3.05) is 11.5 Å². The van der Waals surface area contributed by atoms with E-state index in [4.69, 9.17) is 11.5 Å². The molecule has 4 unspecified atom stereocenters. The smallest absolute Gasteiger partial charge is 0.0459 e. The van der Waals surface area contributed by atoms with Gasteiger partial charge in [-0.15, -0.1) is 0 Å². The molecule has 1 saturated heterocycles. The van der Waals surface area contributed by atoms with E-state index in [9.17, 15) is 0 Å². The van der Waals surface area contributed by atoms with Crippen molar-refractivity contribution in [2.45, 2.75) is 35.6 Å². The van der Waals surface area contributed by atoms with Crippen molar-refractivity contribution in [3.8, 4) is 0 Å². The third-order valence-corrected chi connectivity index (χ3v) is 6.74. The number of hydrogen-bond donors (Lipinski definition) is 2. The summed E-state index contributed by atoms with van der Waals surface area (Å²) in [5, 5.41) is 1.77. The molecule has 0 aromatic carbocycles. The molecule has 2 heterocycles. The van der Waals surface area contributed by atoms with Crippen molar-refractivity contribution in [1.82, 2.24) is 4.98 Å². The molecule has 0 aliphatic carbocycles. The zero-order valence-electron chi connectivity index (χ0n) is 10.2. The molecule has 0 amide bonds. The van der Waals surface area contributed by atoms with Crippen LogP contribution in [0.3, 0.4) is 0 Å². The Kier molecular flexibility index (Phi) is 4.22. The quantitative estimate of drug-likeness (QED) is 0.862. The summed E-state index contributed by atoms with van der Waals surface area (Å²) >= 11 is 3.98. The maximum absolute atomic E-state index is 6.32. The van der Waals surface area contributed by atoms with Crippen LogP contribution < -0.4 is 11.5 Å². The first-order valence-electron chi connectivity index (χ1n) is 5.81. The predicted octanol–water partition coefficient (Wildman–Crippen LogP) is 2.29. The van der Waals surface area contributed by atoms with Gasteiger partial charge in [0.2, 0.25) is 0 Å². The second-order valence-corrected chi connectivity index (χ2v) is 7.48. The van der Waals surface area contributed by atoms with Crippen molar-refractivity contribution in [3.63, 3.8) is 0 Å². The lowest BCUT2D eigenvalue weighted by Crippen LogP contribution is -2.34. The number of aromatic nitrogens is 1. The molecular weight excluding hydrogens is 250 g/mol. The van der Waals surface area contributed by atoms with Gasteiger partial charge in [-0.2, -0.15) is 23.5 Å². The first-order chi connectivity index (χ1) is 8.09. The Morgan fingerprint density at radius 1 is 1.41 bits per heavy atom. The molecule has 0 radical (unpaired) electrons. The molecule has 94 valence electrons. The average molecular weight is 269 g/mol. The van der Waals surface area contributed by atoms with E-state index >= 15 is 0 Å². The van der Waals surface area contributed by atoms with E-state index in [-0.39, 0.29) is 6.04 Å². The number of nitrogens with two attached hydrogens (primary N) is 2. The highest BCUT2D eigenvalue weighted by atomic mass is 32.2. The monoisotopic (exact) mass is 269 g/mol. The largest absolute Gasteiger partial charge is 0.398 e. The van der Waals surface area contributed by atoms with Crippen molar-refractivity contribution < 1.29 is 0 Å². The lowest BCUT2D eigenvalue weighted by Gasteiger charge is -2.34. The lowest BCUT2D eigenvalue weighted by molar-refractivity contribution is 0.706. The van der Waals surface area contributed by atoms with Crippen LogP contribution in [0.15, 0.2) is 18.5 Å². The summed E-state index contributed by atoms with van der Waals surface area (Å²) in [4.78, 5) is 4.12. The topological polar surface area (TPSA) is 64.9 Å². The maximum Gasteiger partial charge on any atom is 0.0459 e. The molecule has 3 nitrogen and oxygen atoms in total. The highest BCUT2D eigenvalue weighted by molar-refractivity contribution is 8.07. The van der Waals surface area contributed by atoms with Crippen molar-refractivity contribution in [3.05, 3.63) is 24.0 Å². The Hall–Kier alpha value is -0.390. The molecule has 1 fully saturated rings. The van der Waals surface area contributed by atoms with E-state index in [2.05, 4.69) is 18.8 Å². The maximum atomic E-state index is 6.32. The van der Waals surface area contributed by atoms with Crippen LogP contribution in [0.1, 0.15) is 25.5 Å². The first-order valence-corrected chi connectivity index (χ1v) is 7.80. The first kappa shape index (κ1) is 13.1. The summed E-state index contributed by atoms with van der Waals surface area (Å²) in [5.41, 5.74) is 14.0. The van der Waals surface area contributed by atoms with Gasteiger partial charge in [0.15, 0.2) is 0 Å². The average Bonchev–Trinajstić information content (AvgIpc) is 2.32. The van der Waals surface area contributed by atoms with Gasteiger partial charge >= 0.3 is 0 Å². The lowest BCUT2D eigenvalue weighted by atomic mass is 10.1. The van der Waals surface area contributed by atoms with E-state index < -0.39 is 0 Å². The molecule has 1 aliphatic heterocycles. The fraction of sp³-hybridized carbons (Fsp3) is 0.583. The van der Waals surface area contributed by atoms with E-state index in [1.54, 1.807) is 12.4 Å². The van der Waals surface area contributed by atoms with E-state index in [1.165, 1.54) is 0 Å². The van der Waals surface area contributed by atoms with Crippen LogP contribution in [0.4, 0.5) is 5.69 Å². The molecule has 17 heavy (non-hydrogen) atoms. The van der Waals surface area contributed by atoms with Gasteiger partial charge in [-0.05, 0) is 6.07 Å². The molecule has 0 bridgehead atoms. The zero-order valence-corrected chi connectivity index (χ0v) is 11.8. The van der Waals surface area contributed by atoms with E-state index in [0.717, 1.165) is 17.0 Å². The molecule has 0 saturated carbocycles. The van der Waals surface area contributed by atoms with Crippen molar-refractivity contribution in [1.29, 1.82) is 0 Å². The summed E-state index contributed by atoms with van der Waals surface area (Å²) < 4.78 is 0. The zero-order chi connectivity index (χ0) is 12.4. The Labute approximate surface area is 111 Å². The minimum Gasteiger partial charge on any atom is -0.398 e. The predicted molar refractivity (Wildman–Crippen MR) is 78.3 cm³/mol. The second-order valence-electron chi connectivity index (χ2n) is 4.45. The Balaban J connectivity index is 2.10. The third kappa shape index (κ3) is 2.89. The van der Waals surface area contributed by atoms with Gasteiger partial charge in [-0.3, -0.25) is 4.98 Å². The summed E-state index contributed by atoms with van der Waals surface area (Å²) in [6.07, 6.45) is 3.51. The van der Waals surface area contributed by atoms with Crippen LogP contribution >= 0.6 is 23.5 Å². The summed E-state index contributed by atoms with van der Waals surface area (Å²) in [6, 6.07) is 1.80. The van der Waals surface area contributed by atoms with Crippen LogP contribution in [0, 0.1) is 0 Å². The molecule has 1 aromatic heterocycles. The molecule has 0 spiro atoms. The van der Waals surface area contributed by atoms with Crippen LogP contribution in [0.2, 0.25) is 0 Å². The highest BCUT2D eigenvalue weighted by Gasteiger charge is 2.30. The molecule has 2 rings (SSSR count).